The van der Waals surface area contributed by atoms with Crippen molar-refractivity contribution in [1.82, 2.24) is 15.2 Å². The lowest BCUT2D eigenvalue weighted by molar-refractivity contribution is -0.122. The molecule has 0 saturated heterocycles. The highest BCUT2D eigenvalue weighted by Crippen LogP contribution is 2.31. The number of hydrogen-bond acceptors (Lipinski definition) is 4. The Kier molecular flexibility index (Phi) is 6.94. The van der Waals surface area contributed by atoms with Crippen LogP contribution in [0.15, 0.2) is 47.4 Å². The number of carbonyl (C=O) groups excluding carboxylic acids is 2. The van der Waals surface area contributed by atoms with E-state index in [-0.39, 0.29) is 29.2 Å². The summed E-state index contributed by atoms with van der Waals surface area (Å²) in [5.74, 6) is -0.356. The Labute approximate surface area is 215 Å². The molecule has 1 aliphatic carbocycles. The molecule has 8 nitrogen and oxygen atoms in total. The molecule has 2 heterocycles. The Morgan fingerprint density at radius 3 is 2.65 bits per heavy atom. The molecule has 1 fully saturated rings. The number of fused-ring (bicyclic) bond motifs is 3. The maximum absolute atomic E-state index is 13.9. The minimum absolute atomic E-state index is 0.0470. The molecule has 10 heteroatoms. The molecule has 1 unspecified atom stereocenters. The van der Waals surface area contributed by atoms with E-state index >= 15 is 0 Å². The first kappa shape index (κ1) is 25.3. The summed E-state index contributed by atoms with van der Waals surface area (Å²) in [4.78, 5) is 25.2. The molecule has 0 spiro atoms. The molecule has 3 aromatic rings. The van der Waals surface area contributed by atoms with Gasteiger partial charge in [0.1, 0.15) is 11.5 Å². The normalized spacial score (nSPS) is 18.3. The van der Waals surface area contributed by atoms with Crippen molar-refractivity contribution in [1.29, 1.82) is 0 Å². The summed E-state index contributed by atoms with van der Waals surface area (Å²) in [5.41, 5.74) is 1.81. The lowest BCUT2D eigenvalue weighted by Crippen LogP contribution is -2.41. The zero-order valence-corrected chi connectivity index (χ0v) is 21.5. The Balaban J connectivity index is 1.35. The number of sulfonamides is 1. The molecule has 2 aliphatic rings. The van der Waals surface area contributed by atoms with Crippen molar-refractivity contribution < 1.29 is 22.4 Å². The van der Waals surface area contributed by atoms with Crippen molar-refractivity contribution in [3.05, 3.63) is 59.5 Å². The van der Waals surface area contributed by atoms with Crippen LogP contribution in [0.1, 0.15) is 60.6 Å². The van der Waals surface area contributed by atoms with E-state index in [2.05, 4.69) is 15.4 Å². The third-order valence-corrected chi connectivity index (χ3v) is 8.75. The molecule has 1 saturated carbocycles. The number of benzene rings is 2. The predicted octanol–water partition coefficient (Wildman–Crippen LogP) is 4.26. The van der Waals surface area contributed by atoms with Gasteiger partial charge in [-0.2, -0.15) is 0 Å². The fraction of sp³-hybridized carbons (Fsp3) is 0.407. The monoisotopic (exact) mass is 526 g/mol. The second-order valence-electron chi connectivity index (χ2n) is 10.1. The quantitative estimate of drug-likeness (QED) is 0.427. The second kappa shape index (κ2) is 10.2. The van der Waals surface area contributed by atoms with Crippen LogP contribution in [-0.2, 0) is 14.8 Å². The second-order valence-corrected chi connectivity index (χ2v) is 11.7. The van der Waals surface area contributed by atoms with Crippen molar-refractivity contribution in [2.45, 2.75) is 56.4 Å². The summed E-state index contributed by atoms with van der Waals surface area (Å²) in [6.45, 7) is 2.58. The molecule has 1 aromatic heterocycles. The van der Waals surface area contributed by atoms with Gasteiger partial charge in [-0.3, -0.25) is 14.3 Å². The minimum atomic E-state index is -4.01. The Morgan fingerprint density at radius 2 is 1.89 bits per heavy atom. The fourth-order valence-corrected chi connectivity index (χ4v) is 6.38. The molecule has 196 valence electrons. The Hall–Kier alpha value is -3.40. The van der Waals surface area contributed by atoms with E-state index in [0.717, 1.165) is 24.4 Å². The van der Waals surface area contributed by atoms with E-state index in [9.17, 15) is 22.4 Å². The lowest BCUT2D eigenvalue weighted by Gasteiger charge is -2.27. The van der Waals surface area contributed by atoms with Gasteiger partial charge in [-0.1, -0.05) is 25.3 Å². The first-order chi connectivity index (χ1) is 17.7. The van der Waals surface area contributed by atoms with Gasteiger partial charge in [0.05, 0.1) is 10.9 Å². The topological polar surface area (TPSA) is 109 Å². The highest BCUT2D eigenvalue weighted by Gasteiger charge is 2.29. The summed E-state index contributed by atoms with van der Waals surface area (Å²) in [6, 6.07) is 10.2. The maximum Gasteiger partial charge on any atom is 0.268 e. The number of hydrogen-bond donors (Lipinski definition) is 3. The Morgan fingerprint density at radius 1 is 1.11 bits per heavy atom. The third-order valence-electron chi connectivity index (χ3n) is 7.37. The van der Waals surface area contributed by atoms with E-state index in [1.807, 2.05) is 4.57 Å². The molecule has 1 aliphatic heterocycles. The van der Waals surface area contributed by atoms with Gasteiger partial charge < -0.3 is 15.2 Å². The maximum atomic E-state index is 13.9. The van der Waals surface area contributed by atoms with Crippen molar-refractivity contribution in [2.24, 2.45) is 5.92 Å². The van der Waals surface area contributed by atoms with Gasteiger partial charge in [0.15, 0.2) is 0 Å². The highest BCUT2D eigenvalue weighted by atomic mass is 32.2. The molecule has 3 N–H and O–H groups in total. The molecule has 0 bridgehead atoms. The van der Waals surface area contributed by atoms with E-state index in [1.54, 1.807) is 31.2 Å². The molecule has 2 aromatic carbocycles. The van der Waals surface area contributed by atoms with Crippen molar-refractivity contribution in [3.63, 3.8) is 0 Å². The van der Waals surface area contributed by atoms with E-state index in [1.165, 1.54) is 31.4 Å². The van der Waals surface area contributed by atoms with Gasteiger partial charge in [-0.25, -0.2) is 12.8 Å². The van der Waals surface area contributed by atoms with Crippen LogP contribution in [0.5, 0.6) is 0 Å². The van der Waals surface area contributed by atoms with E-state index < -0.39 is 15.8 Å². The SMILES string of the molecule is Cc1ccc(S(=O)(=O)Nc2ccc3c(c2)cc2n3C(CC(=O)NCC3CCCCC3)CNC2=O)cc1F. The number of amides is 2. The molecule has 1 atom stereocenters. The summed E-state index contributed by atoms with van der Waals surface area (Å²) < 4.78 is 43.9. The highest BCUT2D eigenvalue weighted by molar-refractivity contribution is 7.92. The van der Waals surface area contributed by atoms with Crippen molar-refractivity contribution >= 4 is 38.4 Å². The zero-order chi connectivity index (χ0) is 26.2. The number of nitrogens with zero attached hydrogens (tertiary/aromatic N) is 1. The summed E-state index contributed by atoms with van der Waals surface area (Å²) >= 11 is 0. The molecule has 2 amide bonds. The van der Waals surface area contributed by atoms with E-state index in [0.29, 0.717) is 41.3 Å². The average Bonchev–Trinajstić information content (AvgIpc) is 3.26. The van der Waals surface area contributed by atoms with Crippen LogP contribution in [-0.4, -0.2) is 37.9 Å². The van der Waals surface area contributed by atoms with Gasteiger partial charge in [-0.05, 0) is 67.6 Å². The third kappa shape index (κ3) is 5.34. The summed E-state index contributed by atoms with van der Waals surface area (Å²) in [6.07, 6.45) is 6.23. The minimum Gasteiger partial charge on any atom is -0.356 e. The molecule has 0 radical (unpaired) electrons. The molecule has 37 heavy (non-hydrogen) atoms. The first-order valence-corrected chi connectivity index (χ1v) is 14.2. The van der Waals surface area contributed by atoms with Crippen molar-refractivity contribution in [3.8, 4) is 0 Å². The number of rotatable bonds is 7. The lowest BCUT2D eigenvalue weighted by atomic mass is 9.89. The van der Waals surface area contributed by atoms with Gasteiger partial charge >= 0.3 is 0 Å². The van der Waals surface area contributed by atoms with Crippen LogP contribution >= 0.6 is 0 Å². The van der Waals surface area contributed by atoms with Gasteiger partial charge in [0, 0.05) is 36.1 Å². The average molecular weight is 527 g/mol. The van der Waals surface area contributed by atoms with Gasteiger partial charge in [0.25, 0.3) is 15.9 Å². The number of aryl methyl sites for hydroxylation is 1. The largest absolute Gasteiger partial charge is 0.356 e. The van der Waals surface area contributed by atoms with E-state index in [4.69, 9.17) is 0 Å². The standard InChI is InChI=1S/C27H31FN4O4S/c1-17-7-9-22(14-23(17)28)37(35,36)31-20-8-10-24-19(11-20)12-25-27(34)30-16-21(32(24)25)13-26(33)29-15-18-5-3-2-4-6-18/h7-12,14,18,21,31H,2-6,13,15-16H2,1H3,(H,29,33)(H,30,34). The van der Waals surface area contributed by atoms with Crippen LogP contribution in [0, 0.1) is 18.7 Å². The summed E-state index contributed by atoms with van der Waals surface area (Å²) in [5, 5.41) is 6.59. The van der Waals surface area contributed by atoms with Crippen LogP contribution < -0.4 is 15.4 Å². The van der Waals surface area contributed by atoms with Crippen LogP contribution in [0.2, 0.25) is 0 Å². The van der Waals surface area contributed by atoms with Gasteiger partial charge in [0.2, 0.25) is 5.91 Å². The molecular weight excluding hydrogens is 495 g/mol. The number of aromatic nitrogens is 1. The summed E-state index contributed by atoms with van der Waals surface area (Å²) in [7, 11) is -4.01. The fourth-order valence-electron chi connectivity index (χ4n) is 5.31. The predicted molar refractivity (Wildman–Crippen MR) is 139 cm³/mol. The molecular formula is C27H31FN4O4S. The number of nitrogens with one attached hydrogen (secondary N) is 3. The van der Waals surface area contributed by atoms with Crippen LogP contribution in [0.3, 0.4) is 0 Å². The zero-order valence-electron chi connectivity index (χ0n) is 20.7. The van der Waals surface area contributed by atoms with Crippen molar-refractivity contribution in [2.75, 3.05) is 17.8 Å². The number of halogens is 1. The molecule has 5 rings (SSSR count). The van der Waals surface area contributed by atoms with Crippen LogP contribution in [0.4, 0.5) is 10.1 Å². The van der Waals surface area contributed by atoms with Crippen LogP contribution in [0.25, 0.3) is 10.9 Å². The number of anilines is 1. The first-order valence-electron chi connectivity index (χ1n) is 12.7. The Bertz CT molecular complexity index is 1460. The smallest absolute Gasteiger partial charge is 0.268 e. The van der Waals surface area contributed by atoms with Gasteiger partial charge in [-0.15, -0.1) is 0 Å². The number of carbonyl (C=O) groups is 2.